The number of ether oxygens (including phenoxy) is 2. The average molecular weight is 378 g/mol. The number of hydrogen-bond donors (Lipinski definition) is 0. The zero-order chi connectivity index (χ0) is 17.8. The normalized spacial score (nSPS) is 20.4. The maximum Gasteiger partial charge on any atom is 0.161 e. The van der Waals surface area contributed by atoms with Crippen LogP contribution in [0.2, 0.25) is 0 Å². The van der Waals surface area contributed by atoms with Crippen molar-refractivity contribution in [2.24, 2.45) is 0 Å². The maximum atomic E-state index is 5.43. The van der Waals surface area contributed by atoms with E-state index in [-0.39, 0.29) is 12.4 Å². The Balaban J connectivity index is 0.00000243. The van der Waals surface area contributed by atoms with Crippen LogP contribution >= 0.6 is 12.4 Å². The molecule has 1 aliphatic heterocycles. The molecular formula is C20H28ClN3O2. The lowest BCUT2D eigenvalue weighted by Gasteiger charge is -2.45. The largest absolute Gasteiger partial charge is 0.493 e. The Morgan fingerprint density at radius 3 is 2.27 bits per heavy atom. The molecule has 1 aromatic carbocycles. The highest BCUT2D eigenvalue weighted by atomic mass is 35.5. The molecule has 0 spiro atoms. The van der Waals surface area contributed by atoms with Gasteiger partial charge in [0.25, 0.3) is 0 Å². The Bertz CT molecular complexity index is 687. The molecule has 0 saturated carbocycles. The zero-order valence-electron chi connectivity index (χ0n) is 15.9. The van der Waals surface area contributed by atoms with Gasteiger partial charge in [0.2, 0.25) is 0 Å². The Morgan fingerprint density at radius 1 is 1.00 bits per heavy atom. The highest BCUT2D eigenvalue weighted by molar-refractivity contribution is 5.85. The molecule has 5 nitrogen and oxygen atoms in total. The second-order valence-electron chi connectivity index (χ2n) is 6.65. The molecule has 0 bridgehead atoms. The van der Waals surface area contributed by atoms with Gasteiger partial charge in [0.15, 0.2) is 11.5 Å². The van der Waals surface area contributed by atoms with Crippen LogP contribution in [0.4, 0.5) is 5.82 Å². The first-order valence-corrected chi connectivity index (χ1v) is 8.75. The predicted octanol–water partition coefficient (Wildman–Crippen LogP) is 3.62. The monoisotopic (exact) mass is 377 g/mol. The van der Waals surface area contributed by atoms with E-state index in [9.17, 15) is 0 Å². The number of rotatable bonds is 5. The van der Waals surface area contributed by atoms with Gasteiger partial charge < -0.3 is 14.4 Å². The van der Waals surface area contributed by atoms with Crippen molar-refractivity contribution in [1.29, 1.82) is 0 Å². The molecule has 26 heavy (non-hydrogen) atoms. The molecule has 1 aliphatic rings. The molecule has 1 aromatic heterocycles. The lowest BCUT2D eigenvalue weighted by molar-refractivity contribution is 0.122. The van der Waals surface area contributed by atoms with E-state index in [1.54, 1.807) is 14.2 Å². The van der Waals surface area contributed by atoms with Crippen LogP contribution in [0.15, 0.2) is 42.6 Å². The van der Waals surface area contributed by atoms with E-state index < -0.39 is 0 Å². The third-order valence-electron chi connectivity index (χ3n) is 4.89. The van der Waals surface area contributed by atoms with Crippen molar-refractivity contribution in [2.45, 2.75) is 32.5 Å². The fourth-order valence-corrected chi connectivity index (χ4v) is 3.59. The highest BCUT2D eigenvalue weighted by Crippen LogP contribution is 2.29. The van der Waals surface area contributed by atoms with E-state index in [2.05, 4.69) is 46.8 Å². The van der Waals surface area contributed by atoms with Crippen LogP contribution in [0, 0.1) is 0 Å². The van der Waals surface area contributed by atoms with Crippen LogP contribution in [0.25, 0.3) is 0 Å². The van der Waals surface area contributed by atoms with Gasteiger partial charge in [-0.15, -0.1) is 12.4 Å². The van der Waals surface area contributed by atoms with Crippen molar-refractivity contribution >= 4 is 18.2 Å². The van der Waals surface area contributed by atoms with E-state index in [0.29, 0.717) is 12.1 Å². The first-order chi connectivity index (χ1) is 12.1. The summed E-state index contributed by atoms with van der Waals surface area (Å²) in [4.78, 5) is 9.42. The smallest absolute Gasteiger partial charge is 0.161 e. The van der Waals surface area contributed by atoms with Crippen molar-refractivity contribution in [1.82, 2.24) is 9.88 Å². The van der Waals surface area contributed by atoms with Crippen LogP contribution in [0.1, 0.15) is 19.4 Å². The van der Waals surface area contributed by atoms with E-state index in [0.717, 1.165) is 37.0 Å². The van der Waals surface area contributed by atoms with Crippen molar-refractivity contribution in [2.75, 3.05) is 32.2 Å². The van der Waals surface area contributed by atoms with Gasteiger partial charge in [0, 0.05) is 37.9 Å². The van der Waals surface area contributed by atoms with Crippen LogP contribution in [0.3, 0.4) is 0 Å². The van der Waals surface area contributed by atoms with E-state index in [4.69, 9.17) is 9.47 Å². The minimum Gasteiger partial charge on any atom is -0.493 e. The van der Waals surface area contributed by atoms with Gasteiger partial charge >= 0.3 is 0 Å². The second kappa shape index (κ2) is 9.10. The van der Waals surface area contributed by atoms with Crippen molar-refractivity contribution in [3.63, 3.8) is 0 Å². The molecule has 0 N–H and O–H groups in total. The summed E-state index contributed by atoms with van der Waals surface area (Å²) in [5, 5.41) is 0. The van der Waals surface area contributed by atoms with Gasteiger partial charge in [-0.05, 0) is 43.7 Å². The Morgan fingerprint density at radius 2 is 1.69 bits per heavy atom. The number of pyridine rings is 1. The summed E-state index contributed by atoms with van der Waals surface area (Å²) in [5.74, 6) is 2.62. The van der Waals surface area contributed by atoms with Crippen LogP contribution < -0.4 is 14.4 Å². The van der Waals surface area contributed by atoms with Gasteiger partial charge in [-0.2, -0.15) is 0 Å². The first-order valence-electron chi connectivity index (χ1n) is 8.75. The topological polar surface area (TPSA) is 37.8 Å². The minimum absolute atomic E-state index is 0. The van der Waals surface area contributed by atoms with Crippen LogP contribution in [0.5, 0.6) is 11.5 Å². The molecule has 1 saturated heterocycles. The molecular weight excluding hydrogens is 350 g/mol. The number of nitrogens with zero attached hydrogens (tertiary/aromatic N) is 3. The van der Waals surface area contributed by atoms with Gasteiger partial charge in [-0.1, -0.05) is 12.1 Å². The number of anilines is 1. The molecule has 142 valence electrons. The van der Waals surface area contributed by atoms with E-state index in [1.165, 1.54) is 5.56 Å². The zero-order valence-corrected chi connectivity index (χ0v) is 16.7. The maximum absolute atomic E-state index is 5.43. The molecule has 2 heterocycles. The molecule has 1 fully saturated rings. The Hall–Kier alpha value is -1.98. The number of aromatic nitrogens is 1. The summed E-state index contributed by atoms with van der Waals surface area (Å²) in [7, 11) is 3.34. The standard InChI is InChI=1S/C20H27N3O2.ClH/c1-15-12-22(20-7-5-6-10-21-20)13-16(2)23(15)14-17-8-9-18(24-3)19(11-17)25-4;/h5-11,15-16H,12-14H2,1-4H3;1H. The molecule has 2 aromatic rings. The first kappa shape index (κ1) is 20.3. The summed E-state index contributed by atoms with van der Waals surface area (Å²) in [6.07, 6.45) is 1.86. The van der Waals surface area contributed by atoms with E-state index >= 15 is 0 Å². The molecule has 6 heteroatoms. The summed E-state index contributed by atoms with van der Waals surface area (Å²) < 4.78 is 10.8. The second-order valence-corrected chi connectivity index (χ2v) is 6.65. The summed E-state index contributed by atoms with van der Waals surface area (Å²) in [6, 6.07) is 13.2. The van der Waals surface area contributed by atoms with Gasteiger partial charge in [-0.25, -0.2) is 4.98 Å². The van der Waals surface area contributed by atoms with Crippen molar-refractivity contribution in [3.05, 3.63) is 48.2 Å². The molecule has 2 atom stereocenters. The van der Waals surface area contributed by atoms with Crippen LogP contribution in [-0.2, 0) is 6.54 Å². The fourth-order valence-electron chi connectivity index (χ4n) is 3.59. The molecule has 3 rings (SSSR count). The third kappa shape index (κ3) is 4.40. The summed E-state index contributed by atoms with van der Waals surface area (Å²) in [5.41, 5.74) is 1.24. The van der Waals surface area contributed by atoms with Crippen molar-refractivity contribution < 1.29 is 9.47 Å². The lowest BCUT2D eigenvalue weighted by atomic mass is 10.1. The van der Waals surface area contributed by atoms with E-state index in [1.807, 2.05) is 24.4 Å². The summed E-state index contributed by atoms with van der Waals surface area (Å²) in [6.45, 7) is 7.43. The SMILES string of the molecule is COc1ccc(CN2C(C)CN(c3ccccn3)CC2C)cc1OC.Cl. The Labute approximate surface area is 162 Å². The molecule has 0 aliphatic carbocycles. The van der Waals surface area contributed by atoms with Crippen molar-refractivity contribution in [3.8, 4) is 11.5 Å². The lowest BCUT2D eigenvalue weighted by Crippen LogP contribution is -2.56. The summed E-state index contributed by atoms with van der Waals surface area (Å²) >= 11 is 0. The van der Waals surface area contributed by atoms with Gasteiger partial charge in [0.05, 0.1) is 14.2 Å². The van der Waals surface area contributed by atoms with Gasteiger partial charge in [-0.3, -0.25) is 4.90 Å². The quantitative estimate of drug-likeness (QED) is 0.795. The molecule has 0 amide bonds. The van der Waals surface area contributed by atoms with Crippen LogP contribution in [-0.4, -0.2) is 49.3 Å². The number of halogens is 1. The Kier molecular flexibility index (Phi) is 7.12. The third-order valence-corrected chi connectivity index (χ3v) is 4.89. The van der Waals surface area contributed by atoms with Gasteiger partial charge in [0.1, 0.15) is 5.82 Å². The number of methoxy groups -OCH3 is 2. The highest BCUT2D eigenvalue weighted by Gasteiger charge is 2.30. The average Bonchev–Trinajstić information content (AvgIpc) is 2.65. The molecule has 0 radical (unpaired) electrons. The minimum atomic E-state index is 0. The number of hydrogen-bond acceptors (Lipinski definition) is 5. The predicted molar refractivity (Wildman–Crippen MR) is 108 cm³/mol. The molecule has 2 unspecified atom stereocenters. The fraction of sp³-hybridized carbons (Fsp3) is 0.450. The number of piperazine rings is 1. The number of benzene rings is 1.